The summed E-state index contributed by atoms with van der Waals surface area (Å²) in [7, 11) is -3.24. The number of sulfone groups is 1. The second-order valence-corrected chi connectivity index (χ2v) is 8.79. The maximum absolute atomic E-state index is 12.3. The standard InChI is InChI=1S/C23H20N2O3S/c1-2-29(27,28)21-13-7-17(8-14-21)15-23(26)25-20-11-9-18(10-12-20)22-6-4-3-5-19(22)16-24/h3-14H,2,15H2,1H3,(H,25,26). The van der Waals surface area contributed by atoms with Gasteiger partial charge in [0.05, 0.1) is 28.7 Å². The first-order chi connectivity index (χ1) is 13.9. The van der Waals surface area contributed by atoms with Crippen molar-refractivity contribution < 1.29 is 13.2 Å². The van der Waals surface area contributed by atoms with Gasteiger partial charge in [-0.15, -0.1) is 0 Å². The van der Waals surface area contributed by atoms with Gasteiger partial charge in [0.15, 0.2) is 9.84 Å². The average molecular weight is 404 g/mol. The number of carbonyl (C=O) groups excluding carboxylic acids is 1. The summed E-state index contributed by atoms with van der Waals surface area (Å²) in [5, 5.41) is 12.1. The number of carbonyl (C=O) groups is 1. The molecule has 3 rings (SSSR count). The Balaban J connectivity index is 1.66. The van der Waals surface area contributed by atoms with Crippen molar-refractivity contribution in [3.63, 3.8) is 0 Å². The zero-order chi connectivity index (χ0) is 20.9. The summed E-state index contributed by atoms with van der Waals surface area (Å²) in [5.74, 6) is -0.150. The van der Waals surface area contributed by atoms with Gasteiger partial charge in [0.25, 0.3) is 0 Å². The van der Waals surface area contributed by atoms with Crippen molar-refractivity contribution in [2.24, 2.45) is 0 Å². The number of rotatable bonds is 6. The summed E-state index contributed by atoms with van der Waals surface area (Å²) >= 11 is 0. The van der Waals surface area contributed by atoms with Gasteiger partial charge in [0.1, 0.15) is 0 Å². The van der Waals surface area contributed by atoms with Crippen molar-refractivity contribution in [3.8, 4) is 17.2 Å². The third-order valence-corrected chi connectivity index (χ3v) is 6.30. The van der Waals surface area contributed by atoms with Crippen molar-refractivity contribution in [3.05, 3.63) is 83.9 Å². The van der Waals surface area contributed by atoms with Crippen LogP contribution in [0.25, 0.3) is 11.1 Å². The highest BCUT2D eigenvalue weighted by Crippen LogP contribution is 2.24. The van der Waals surface area contributed by atoms with Gasteiger partial charge in [0, 0.05) is 5.69 Å². The molecule has 0 unspecified atom stereocenters. The maximum atomic E-state index is 12.3. The van der Waals surface area contributed by atoms with E-state index in [1.165, 1.54) is 12.1 Å². The van der Waals surface area contributed by atoms with Gasteiger partial charge in [-0.25, -0.2) is 8.42 Å². The minimum Gasteiger partial charge on any atom is -0.326 e. The molecule has 0 aliphatic rings. The summed E-state index contributed by atoms with van der Waals surface area (Å²) in [6.07, 6.45) is 0.144. The monoisotopic (exact) mass is 404 g/mol. The molecular weight excluding hydrogens is 384 g/mol. The molecule has 0 saturated heterocycles. The van der Waals surface area contributed by atoms with Crippen molar-refractivity contribution >= 4 is 21.4 Å². The molecule has 0 aliphatic carbocycles. The molecule has 1 N–H and O–H groups in total. The van der Waals surface area contributed by atoms with Crippen molar-refractivity contribution in [2.75, 3.05) is 11.1 Å². The van der Waals surface area contributed by atoms with Crippen LogP contribution in [0.3, 0.4) is 0 Å². The lowest BCUT2D eigenvalue weighted by atomic mass is 10.0. The molecule has 0 bridgehead atoms. The Morgan fingerprint density at radius 1 is 0.966 bits per heavy atom. The molecule has 0 fully saturated rings. The zero-order valence-electron chi connectivity index (χ0n) is 15.9. The van der Waals surface area contributed by atoms with E-state index in [0.717, 1.165) is 16.7 Å². The highest BCUT2D eigenvalue weighted by Gasteiger charge is 2.12. The van der Waals surface area contributed by atoms with Gasteiger partial charge in [-0.1, -0.05) is 49.4 Å². The van der Waals surface area contributed by atoms with Gasteiger partial charge in [-0.05, 0) is 47.0 Å². The minimum absolute atomic E-state index is 0.0433. The molecule has 3 aromatic rings. The van der Waals surface area contributed by atoms with E-state index in [-0.39, 0.29) is 23.0 Å². The van der Waals surface area contributed by atoms with E-state index in [4.69, 9.17) is 0 Å². The van der Waals surface area contributed by atoms with E-state index >= 15 is 0 Å². The fourth-order valence-electron chi connectivity index (χ4n) is 2.94. The molecule has 146 valence electrons. The van der Waals surface area contributed by atoms with Crippen LogP contribution in [0.15, 0.2) is 77.7 Å². The Kier molecular flexibility index (Phi) is 6.10. The Morgan fingerprint density at radius 2 is 1.62 bits per heavy atom. The van der Waals surface area contributed by atoms with E-state index in [1.54, 1.807) is 37.3 Å². The number of hydrogen-bond donors (Lipinski definition) is 1. The van der Waals surface area contributed by atoms with E-state index in [9.17, 15) is 18.5 Å². The van der Waals surface area contributed by atoms with Crippen molar-refractivity contribution in [1.82, 2.24) is 0 Å². The number of nitrogens with one attached hydrogen (secondary N) is 1. The lowest BCUT2D eigenvalue weighted by Crippen LogP contribution is -2.14. The zero-order valence-corrected chi connectivity index (χ0v) is 16.7. The van der Waals surface area contributed by atoms with Crippen LogP contribution >= 0.6 is 0 Å². The molecule has 0 spiro atoms. The van der Waals surface area contributed by atoms with E-state index in [1.807, 2.05) is 30.3 Å². The summed E-state index contributed by atoms with van der Waals surface area (Å²) in [5.41, 5.74) is 3.72. The third kappa shape index (κ3) is 4.89. The van der Waals surface area contributed by atoms with E-state index in [2.05, 4.69) is 11.4 Å². The predicted octanol–water partition coefficient (Wildman–Crippen LogP) is 4.20. The number of hydrogen-bond acceptors (Lipinski definition) is 4. The first-order valence-corrected chi connectivity index (χ1v) is 10.8. The largest absolute Gasteiger partial charge is 0.326 e. The normalized spacial score (nSPS) is 10.9. The van der Waals surface area contributed by atoms with Crippen LogP contribution < -0.4 is 5.32 Å². The third-order valence-electron chi connectivity index (χ3n) is 4.55. The number of nitriles is 1. The van der Waals surface area contributed by atoms with Gasteiger partial charge in [-0.3, -0.25) is 4.79 Å². The van der Waals surface area contributed by atoms with E-state index in [0.29, 0.717) is 11.3 Å². The lowest BCUT2D eigenvalue weighted by molar-refractivity contribution is -0.115. The number of benzene rings is 3. The van der Waals surface area contributed by atoms with Crippen LogP contribution in [-0.2, 0) is 21.1 Å². The van der Waals surface area contributed by atoms with Gasteiger partial charge >= 0.3 is 0 Å². The van der Waals surface area contributed by atoms with E-state index < -0.39 is 9.84 Å². The highest BCUT2D eigenvalue weighted by molar-refractivity contribution is 7.91. The maximum Gasteiger partial charge on any atom is 0.228 e. The van der Waals surface area contributed by atoms with Crippen LogP contribution in [0.2, 0.25) is 0 Å². The fraction of sp³-hybridized carbons (Fsp3) is 0.130. The summed E-state index contributed by atoms with van der Waals surface area (Å²) in [4.78, 5) is 12.6. The topological polar surface area (TPSA) is 87.0 Å². The summed E-state index contributed by atoms with van der Waals surface area (Å²) in [6, 6.07) is 23.2. The molecule has 3 aromatic carbocycles. The molecule has 0 radical (unpaired) electrons. The smallest absolute Gasteiger partial charge is 0.228 e. The lowest BCUT2D eigenvalue weighted by Gasteiger charge is -2.08. The molecule has 5 nitrogen and oxygen atoms in total. The molecular formula is C23H20N2O3S. The minimum atomic E-state index is -3.24. The van der Waals surface area contributed by atoms with Gasteiger partial charge in [0.2, 0.25) is 5.91 Å². The second-order valence-electron chi connectivity index (χ2n) is 6.51. The van der Waals surface area contributed by atoms with Crippen LogP contribution in [0.4, 0.5) is 5.69 Å². The van der Waals surface area contributed by atoms with Gasteiger partial charge < -0.3 is 5.32 Å². The SMILES string of the molecule is CCS(=O)(=O)c1ccc(CC(=O)Nc2ccc(-c3ccccc3C#N)cc2)cc1. The molecule has 0 saturated carbocycles. The molecule has 0 atom stereocenters. The fourth-order valence-corrected chi connectivity index (χ4v) is 3.82. The Morgan fingerprint density at radius 3 is 2.24 bits per heavy atom. The Labute approximate surface area is 170 Å². The molecule has 0 aliphatic heterocycles. The molecule has 29 heavy (non-hydrogen) atoms. The first-order valence-electron chi connectivity index (χ1n) is 9.14. The molecule has 0 aromatic heterocycles. The summed E-state index contributed by atoms with van der Waals surface area (Å²) in [6.45, 7) is 1.60. The predicted molar refractivity (Wildman–Crippen MR) is 113 cm³/mol. The van der Waals surface area contributed by atoms with Crippen LogP contribution in [-0.4, -0.2) is 20.1 Å². The van der Waals surface area contributed by atoms with Crippen molar-refractivity contribution in [2.45, 2.75) is 18.2 Å². The Hall–Kier alpha value is -3.43. The number of anilines is 1. The van der Waals surface area contributed by atoms with Crippen LogP contribution in [0.1, 0.15) is 18.1 Å². The highest BCUT2D eigenvalue weighted by atomic mass is 32.2. The number of amides is 1. The summed E-state index contributed by atoms with van der Waals surface area (Å²) < 4.78 is 23.7. The van der Waals surface area contributed by atoms with Crippen LogP contribution in [0, 0.1) is 11.3 Å². The molecule has 1 amide bonds. The van der Waals surface area contributed by atoms with Gasteiger partial charge in [-0.2, -0.15) is 5.26 Å². The molecule has 0 heterocycles. The Bertz CT molecular complexity index is 1160. The van der Waals surface area contributed by atoms with Crippen LogP contribution in [0.5, 0.6) is 0 Å². The quantitative estimate of drug-likeness (QED) is 0.667. The average Bonchev–Trinajstić information content (AvgIpc) is 2.74. The molecule has 6 heteroatoms. The second kappa shape index (κ2) is 8.72. The van der Waals surface area contributed by atoms with Crippen molar-refractivity contribution in [1.29, 1.82) is 5.26 Å². The number of nitrogens with zero attached hydrogens (tertiary/aromatic N) is 1. The first kappa shape index (κ1) is 20.3.